The molecule has 0 radical (unpaired) electrons. The molecule has 0 unspecified atom stereocenters. The van der Waals surface area contributed by atoms with Crippen molar-refractivity contribution < 1.29 is 14.1 Å². The summed E-state index contributed by atoms with van der Waals surface area (Å²) in [6.45, 7) is 2.19. The fourth-order valence-electron chi connectivity index (χ4n) is 3.61. The number of nitrogens with one attached hydrogen (secondary N) is 1. The number of carbonyl (C=O) groups is 1. The first-order valence-electron chi connectivity index (χ1n) is 10.6. The standard InChI is InChI=1S/C23H22FN5O3S/c24-19-9-6-17(14-21(19)29(31)32)25-22(30)15-33-23-11-10-20(26-27-23)16-4-7-18(8-5-16)28-12-2-1-3-13-28/h4-11,14H,1-3,12-13,15H2,(H,25,30). The number of thioether (sulfide) groups is 1. The zero-order chi connectivity index (χ0) is 23.2. The van der Waals surface area contributed by atoms with E-state index in [-0.39, 0.29) is 17.3 Å². The number of rotatable bonds is 7. The van der Waals surface area contributed by atoms with Gasteiger partial charge in [0.2, 0.25) is 11.7 Å². The molecule has 0 spiro atoms. The van der Waals surface area contributed by atoms with Gasteiger partial charge in [-0.1, -0.05) is 23.9 Å². The van der Waals surface area contributed by atoms with E-state index in [9.17, 15) is 19.3 Å². The molecule has 0 bridgehead atoms. The van der Waals surface area contributed by atoms with E-state index in [1.807, 2.05) is 18.2 Å². The molecule has 33 heavy (non-hydrogen) atoms. The van der Waals surface area contributed by atoms with Crippen molar-refractivity contribution in [2.24, 2.45) is 0 Å². The lowest BCUT2D eigenvalue weighted by Crippen LogP contribution is -2.29. The Labute approximate surface area is 194 Å². The molecule has 0 aliphatic carbocycles. The van der Waals surface area contributed by atoms with Crippen LogP contribution in [0.15, 0.2) is 59.6 Å². The number of nitro benzene ring substituents is 1. The molecule has 0 saturated carbocycles. The van der Waals surface area contributed by atoms with Crippen LogP contribution in [0.2, 0.25) is 0 Å². The van der Waals surface area contributed by atoms with Crippen LogP contribution in [0, 0.1) is 15.9 Å². The zero-order valence-electron chi connectivity index (χ0n) is 17.7. The monoisotopic (exact) mass is 467 g/mol. The summed E-state index contributed by atoms with van der Waals surface area (Å²) in [4.78, 5) is 24.5. The van der Waals surface area contributed by atoms with Gasteiger partial charge in [0, 0.05) is 36.1 Å². The zero-order valence-corrected chi connectivity index (χ0v) is 18.6. The van der Waals surface area contributed by atoms with Gasteiger partial charge in [-0.25, -0.2) is 0 Å². The molecule has 1 saturated heterocycles. The van der Waals surface area contributed by atoms with Crippen molar-refractivity contribution in [2.75, 3.05) is 29.1 Å². The summed E-state index contributed by atoms with van der Waals surface area (Å²) in [5.41, 5.74) is 2.40. The molecular weight excluding hydrogens is 445 g/mol. The predicted molar refractivity (Wildman–Crippen MR) is 126 cm³/mol. The first-order chi connectivity index (χ1) is 16.0. The van der Waals surface area contributed by atoms with E-state index in [0.29, 0.717) is 5.03 Å². The molecule has 170 valence electrons. The average Bonchev–Trinajstić information content (AvgIpc) is 2.85. The highest BCUT2D eigenvalue weighted by atomic mass is 32.2. The number of hydrogen-bond donors (Lipinski definition) is 1. The van der Waals surface area contributed by atoms with E-state index in [0.717, 1.165) is 36.5 Å². The maximum absolute atomic E-state index is 13.4. The lowest BCUT2D eigenvalue weighted by Gasteiger charge is -2.28. The van der Waals surface area contributed by atoms with Gasteiger partial charge in [-0.15, -0.1) is 10.2 Å². The average molecular weight is 468 g/mol. The Kier molecular flexibility index (Phi) is 7.13. The largest absolute Gasteiger partial charge is 0.372 e. The van der Waals surface area contributed by atoms with Crippen LogP contribution in [-0.4, -0.2) is 39.9 Å². The SMILES string of the molecule is O=C(CSc1ccc(-c2ccc(N3CCCCC3)cc2)nn1)Nc1ccc(F)c([N+](=O)[O-])c1. The normalized spacial score (nSPS) is 13.5. The van der Waals surface area contributed by atoms with E-state index in [2.05, 4.69) is 32.5 Å². The molecule has 1 aliphatic heterocycles. The highest BCUT2D eigenvalue weighted by Gasteiger charge is 2.16. The van der Waals surface area contributed by atoms with Gasteiger partial charge in [0.25, 0.3) is 0 Å². The number of carbonyl (C=O) groups excluding carboxylic acids is 1. The van der Waals surface area contributed by atoms with Crippen LogP contribution in [0.4, 0.5) is 21.5 Å². The minimum absolute atomic E-state index is 0.0315. The molecule has 3 aromatic rings. The predicted octanol–water partition coefficient (Wildman–Crippen LogP) is 4.91. The number of nitro groups is 1. The number of piperidine rings is 1. The van der Waals surface area contributed by atoms with Gasteiger partial charge in [-0.2, -0.15) is 4.39 Å². The number of benzene rings is 2. The van der Waals surface area contributed by atoms with E-state index < -0.39 is 16.4 Å². The fourth-order valence-corrected chi connectivity index (χ4v) is 4.23. The maximum atomic E-state index is 13.4. The van der Waals surface area contributed by atoms with Crippen molar-refractivity contribution in [1.29, 1.82) is 0 Å². The lowest BCUT2D eigenvalue weighted by molar-refractivity contribution is -0.387. The molecule has 4 rings (SSSR count). The summed E-state index contributed by atoms with van der Waals surface area (Å²) in [6.07, 6.45) is 3.76. The van der Waals surface area contributed by atoms with Gasteiger partial charge in [-0.05, 0) is 55.7 Å². The third-order valence-corrected chi connectivity index (χ3v) is 6.22. The summed E-state index contributed by atoms with van der Waals surface area (Å²) in [6, 6.07) is 15.1. The van der Waals surface area contributed by atoms with Gasteiger partial charge in [0.05, 0.1) is 16.4 Å². The van der Waals surface area contributed by atoms with Crippen LogP contribution in [0.1, 0.15) is 19.3 Å². The molecule has 1 amide bonds. The first-order valence-corrected chi connectivity index (χ1v) is 11.5. The smallest absolute Gasteiger partial charge is 0.306 e. The van der Waals surface area contributed by atoms with E-state index >= 15 is 0 Å². The molecule has 1 aliphatic rings. The second-order valence-corrected chi connectivity index (χ2v) is 8.61. The highest BCUT2D eigenvalue weighted by Crippen LogP contribution is 2.25. The second kappa shape index (κ2) is 10.4. The Morgan fingerprint density at radius 2 is 1.82 bits per heavy atom. The Morgan fingerprint density at radius 1 is 1.06 bits per heavy atom. The van der Waals surface area contributed by atoms with Crippen LogP contribution >= 0.6 is 11.8 Å². The molecule has 1 aromatic heterocycles. The van der Waals surface area contributed by atoms with Crippen molar-refractivity contribution in [3.63, 3.8) is 0 Å². The molecule has 0 atom stereocenters. The van der Waals surface area contributed by atoms with Crippen molar-refractivity contribution >= 4 is 34.7 Å². The number of amides is 1. The summed E-state index contributed by atoms with van der Waals surface area (Å²) in [5.74, 6) is -1.31. The molecule has 10 heteroatoms. The summed E-state index contributed by atoms with van der Waals surface area (Å²) >= 11 is 1.19. The van der Waals surface area contributed by atoms with E-state index in [4.69, 9.17) is 0 Å². The fraction of sp³-hybridized carbons (Fsp3) is 0.261. The van der Waals surface area contributed by atoms with Crippen molar-refractivity contribution in [3.05, 3.63) is 70.5 Å². The molecule has 1 N–H and O–H groups in total. The van der Waals surface area contributed by atoms with E-state index in [1.54, 1.807) is 6.07 Å². The number of aromatic nitrogens is 2. The van der Waals surface area contributed by atoms with Crippen LogP contribution in [0.3, 0.4) is 0 Å². The lowest BCUT2D eigenvalue weighted by atomic mass is 10.1. The van der Waals surface area contributed by atoms with Crippen molar-refractivity contribution in [2.45, 2.75) is 24.3 Å². The number of halogens is 1. The van der Waals surface area contributed by atoms with Gasteiger partial charge in [-0.3, -0.25) is 14.9 Å². The van der Waals surface area contributed by atoms with Crippen LogP contribution < -0.4 is 10.2 Å². The minimum Gasteiger partial charge on any atom is -0.372 e. The van der Waals surface area contributed by atoms with Crippen molar-refractivity contribution in [1.82, 2.24) is 10.2 Å². The third kappa shape index (κ3) is 5.83. The molecule has 2 aromatic carbocycles. The third-order valence-electron chi connectivity index (χ3n) is 5.30. The highest BCUT2D eigenvalue weighted by molar-refractivity contribution is 7.99. The topological polar surface area (TPSA) is 101 Å². The molecule has 1 fully saturated rings. The second-order valence-electron chi connectivity index (χ2n) is 7.61. The van der Waals surface area contributed by atoms with E-state index in [1.165, 1.54) is 42.8 Å². The summed E-state index contributed by atoms with van der Waals surface area (Å²) in [7, 11) is 0. The minimum atomic E-state index is -0.955. The number of anilines is 2. The summed E-state index contributed by atoms with van der Waals surface area (Å²) < 4.78 is 13.4. The van der Waals surface area contributed by atoms with Crippen LogP contribution in [-0.2, 0) is 4.79 Å². The van der Waals surface area contributed by atoms with Crippen LogP contribution in [0.5, 0.6) is 0 Å². The Hall–Kier alpha value is -3.53. The Bertz CT molecular complexity index is 1140. The Balaban J connectivity index is 1.32. The van der Waals surface area contributed by atoms with Crippen LogP contribution in [0.25, 0.3) is 11.3 Å². The summed E-state index contributed by atoms with van der Waals surface area (Å²) in [5, 5.41) is 22.4. The quantitative estimate of drug-likeness (QED) is 0.299. The number of nitrogens with zero attached hydrogens (tertiary/aromatic N) is 4. The molecule has 8 nitrogen and oxygen atoms in total. The van der Waals surface area contributed by atoms with Gasteiger partial charge >= 0.3 is 5.69 Å². The maximum Gasteiger partial charge on any atom is 0.306 e. The molecular formula is C23H22FN5O3S. The molecule has 2 heterocycles. The van der Waals surface area contributed by atoms with Gasteiger partial charge in [0.15, 0.2) is 0 Å². The first kappa shape index (κ1) is 22.7. The van der Waals surface area contributed by atoms with Crippen molar-refractivity contribution in [3.8, 4) is 11.3 Å². The number of hydrogen-bond acceptors (Lipinski definition) is 7. The van der Waals surface area contributed by atoms with Gasteiger partial charge in [0.1, 0.15) is 5.03 Å². The Morgan fingerprint density at radius 3 is 2.48 bits per heavy atom. The van der Waals surface area contributed by atoms with Gasteiger partial charge < -0.3 is 10.2 Å².